The zero-order chi connectivity index (χ0) is 7.82. The predicted octanol–water partition coefficient (Wildman–Crippen LogP) is -2.08. The Morgan fingerprint density at radius 2 is 2.40 bits per heavy atom. The van der Waals surface area contributed by atoms with E-state index in [-0.39, 0.29) is 5.96 Å². The fraction of sp³-hybridized carbons (Fsp3) is 0.750. The molecule has 0 aliphatic heterocycles. The quantitative estimate of drug-likeness (QED) is 0.158. The van der Waals surface area contributed by atoms with Crippen molar-refractivity contribution in [2.45, 2.75) is 0 Å². The predicted molar refractivity (Wildman–Crippen MR) is 38.8 cm³/mol. The number of hydrogen-bond donors (Lipinski definition) is 4. The topological polar surface area (TPSA) is 97.7 Å². The van der Waals surface area contributed by atoms with E-state index < -0.39 is 0 Å². The normalized spacial score (nSPS) is 11.2. The maximum absolute atomic E-state index is 5.24. The summed E-state index contributed by atoms with van der Waals surface area (Å²) < 4.78 is 0. The third-order valence-electron chi connectivity index (χ3n) is 0.629. The van der Waals surface area contributed by atoms with Gasteiger partial charge in [-0.05, 0) is 0 Å². The molecule has 0 saturated heterocycles. The summed E-state index contributed by atoms with van der Waals surface area (Å²) in [5.74, 6) is 0.177. The van der Waals surface area contributed by atoms with Gasteiger partial charge in [0.2, 0.25) is 5.96 Å². The lowest BCUT2D eigenvalue weighted by Gasteiger charge is -2.02. The Labute approximate surface area is 59.5 Å². The van der Waals surface area contributed by atoms with Crippen molar-refractivity contribution in [3.8, 4) is 0 Å². The SMILES string of the molecule is CNN=C(N)NOCCN. The molecule has 0 spiro atoms. The Morgan fingerprint density at radius 1 is 1.70 bits per heavy atom. The van der Waals surface area contributed by atoms with Gasteiger partial charge in [0, 0.05) is 13.6 Å². The van der Waals surface area contributed by atoms with Gasteiger partial charge in [-0.15, -0.1) is 5.10 Å². The van der Waals surface area contributed by atoms with Crippen LogP contribution in [0.2, 0.25) is 0 Å². The van der Waals surface area contributed by atoms with Crippen molar-refractivity contribution in [2.24, 2.45) is 16.6 Å². The average Bonchev–Trinajstić information content (AvgIpc) is 1.89. The minimum Gasteiger partial charge on any atom is -0.367 e. The number of nitrogens with one attached hydrogen (secondary N) is 2. The molecule has 0 atom stereocenters. The first-order valence-corrected chi connectivity index (χ1v) is 2.89. The monoisotopic (exact) mass is 147 g/mol. The van der Waals surface area contributed by atoms with Crippen LogP contribution < -0.4 is 22.4 Å². The lowest BCUT2D eigenvalue weighted by Crippen LogP contribution is -2.34. The minimum atomic E-state index is 0.177. The molecule has 0 aliphatic carbocycles. The van der Waals surface area contributed by atoms with Gasteiger partial charge in [-0.25, -0.2) is 5.48 Å². The van der Waals surface area contributed by atoms with E-state index in [4.69, 9.17) is 16.3 Å². The average molecular weight is 147 g/mol. The largest absolute Gasteiger partial charge is 0.367 e. The molecule has 0 unspecified atom stereocenters. The summed E-state index contributed by atoms with van der Waals surface area (Å²) in [5.41, 5.74) is 15.2. The van der Waals surface area contributed by atoms with E-state index >= 15 is 0 Å². The second-order valence-corrected chi connectivity index (χ2v) is 1.46. The van der Waals surface area contributed by atoms with Gasteiger partial charge in [-0.2, -0.15) is 0 Å². The van der Waals surface area contributed by atoms with Crippen LogP contribution in [0.3, 0.4) is 0 Å². The second-order valence-electron chi connectivity index (χ2n) is 1.46. The number of hydroxylamine groups is 1. The van der Waals surface area contributed by atoms with Gasteiger partial charge >= 0.3 is 0 Å². The molecule has 0 radical (unpaired) electrons. The van der Waals surface area contributed by atoms with Crippen LogP contribution in [0.5, 0.6) is 0 Å². The lowest BCUT2D eigenvalue weighted by molar-refractivity contribution is 0.0904. The van der Waals surface area contributed by atoms with Crippen LogP contribution in [0.25, 0.3) is 0 Å². The summed E-state index contributed by atoms with van der Waals surface area (Å²) in [6.45, 7) is 0.847. The molecule has 0 rings (SSSR count). The zero-order valence-corrected chi connectivity index (χ0v) is 5.92. The van der Waals surface area contributed by atoms with Crippen molar-refractivity contribution in [2.75, 3.05) is 20.2 Å². The van der Waals surface area contributed by atoms with Gasteiger partial charge in [0.1, 0.15) is 0 Å². The summed E-state index contributed by atoms with van der Waals surface area (Å²) in [5, 5.41) is 3.56. The highest BCUT2D eigenvalue weighted by Gasteiger charge is 1.86. The van der Waals surface area contributed by atoms with Crippen LogP contribution in [-0.4, -0.2) is 26.2 Å². The summed E-state index contributed by atoms with van der Waals surface area (Å²) in [6.07, 6.45) is 0. The molecular weight excluding hydrogens is 134 g/mol. The molecule has 10 heavy (non-hydrogen) atoms. The molecule has 0 fully saturated rings. The van der Waals surface area contributed by atoms with Gasteiger partial charge in [0.15, 0.2) is 0 Å². The number of hydrazone groups is 1. The molecule has 6 nitrogen and oxygen atoms in total. The number of nitrogens with zero attached hydrogens (tertiary/aromatic N) is 1. The first kappa shape index (κ1) is 8.99. The summed E-state index contributed by atoms with van der Waals surface area (Å²) in [7, 11) is 1.64. The first-order chi connectivity index (χ1) is 4.81. The fourth-order valence-corrected chi connectivity index (χ4v) is 0.327. The van der Waals surface area contributed by atoms with Crippen LogP contribution in [0.15, 0.2) is 5.10 Å². The van der Waals surface area contributed by atoms with Crippen LogP contribution in [-0.2, 0) is 4.84 Å². The Morgan fingerprint density at radius 3 is 2.90 bits per heavy atom. The van der Waals surface area contributed by atoms with E-state index in [0.29, 0.717) is 13.2 Å². The van der Waals surface area contributed by atoms with Crippen molar-refractivity contribution >= 4 is 5.96 Å². The van der Waals surface area contributed by atoms with Crippen LogP contribution in [0.1, 0.15) is 0 Å². The molecule has 0 aromatic carbocycles. The van der Waals surface area contributed by atoms with E-state index in [1.807, 2.05) is 0 Å². The van der Waals surface area contributed by atoms with Crippen molar-refractivity contribution < 1.29 is 4.84 Å². The molecule has 0 saturated carbocycles. The van der Waals surface area contributed by atoms with Crippen LogP contribution in [0.4, 0.5) is 0 Å². The summed E-state index contributed by atoms with van der Waals surface area (Å²) >= 11 is 0. The number of rotatable bonds is 4. The maximum Gasteiger partial charge on any atom is 0.235 e. The number of hydrogen-bond acceptors (Lipinski definition) is 4. The smallest absolute Gasteiger partial charge is 0.235 e. The Bertz CT molecular complexity index is 104. The highest BCUT2D eigenvalue weighted by atomic mass is 16.6. The van der Waals surface area contributed by atoms with Crippen molar-refractivity contribution in [1.82, 2.24) is 10.9 Å². The Balaban J connectivity index is 3.21. The molecule has 60 valence electrons. The van der Waals surface area contributed by atoms with E-state index in [2.05, 4.69) is 16.0 Å². The van der Waals surface area contributed by atoms with Crippen LogP contribution >= 0.6 is 0 Å². The van der Waals surface area contributed by atoms with Crippen molar-refractivity contribution in [3.05, 3.63) is 0 Å². The van der Waals surface area contributed by atoms with E-state index in [1.54, 1.807) is 7.05 Å². The van der Waals surface area contributed by atoms with Crippen molar-refractivity contribution in [1.29, 1.82) is 0 Å². The highest BCUT2D eigenvalue weighted by Crippen LogP contribution is 1.62. The minimum absolute atomic E-state index is 0.177. The lowest BCUT2D eigenvalue weighted by atomic mass is 10.8. The molecule has 0 aromatic heterocycles. The molecule has 0 aromatic rings. The fourth-order valence-electron chi connectivity index (χ4n) is 0.327. The summed E-state index contributed by atoms with van der Waals surface area (Å²) in [6, 6.07) is 0. The summed E-state index contributed by atoms with van der Waals surface area (Å²) in [4.78, 5) is 4.73. The van der Waals surface area contributed by atoms with Gasteiger partial charge in [-0.3, -0.25) is 4.84 Å². The number of nitrogens with two attached hydrogens (primary N) is 2. The van der Waals surface area contributed by atoms with Crippen molar-refractivity contribution in [3.63, 3.8) is 0 Å². The third-order valence-corrected chi connectivity index (χ3v) is 0.629. The van der Waals surface area contributed by atoms with Gasteiger partial charge in [-0.1, -0.05) is 0 Å². The molecular formula is C4H13N5O. The molecule has 0 aliphatic rings. The zero-order valence-electron chi connectivity index (χ0n) is 5.92. The van der Waals surface area contributed by atoms with Gasteiger partial charge in [0.25, 0.3) is 0 Å². The molecule has 0 heterocycles. The number of guanidine groups is 1. The second kappa shape index (κ2) is 6.12. The van der Waals surface area contributed by atoms with E-state index in [0.717, 1.165) is 0 Å². The first-order valence-electron chi connectivity index (χ1n) is 2.89. The molecule has 6 N–H and O–H groups in total. The van der Waals surface area contributed by atoms with Gasteiger partial charge in [0.05, 0.1) is 6.61 Å². The molecule has 6 heteroatoms. The Kier molecular flexibility index (Phi) is 5.50. The molecule has 0 amide bonds. The van der Waals surface area contributed by atoms with E-state index in [9.17, 15) is 0 Å². The third kappa shape index (κ3) is 5.13. The van der Waals surface area contributed by atoms with Gasteiger partial charge < -0.3 is 16.9 Å². The molecule has 0 bridgehead atoms. The van der Waals surface area contributed by atoms with E-state index in [1.165, 1.54) is 0 Å². The maximum atomic E-state index is 5.24. The highest BCUT2D eigenvalue weighted by molar-refractivity contribution is 5.76. The Hall–Kier alpha value is -1.01. The standard InChI is InChI=1S/C4H13N5O/c1-7-8-4(6)9-10-3-2-5/h7H,2-3,5H2,1H3,(H3,6,8,9). The van der Waals surface area contributed by atoms with Crippen LogP contribution in [0, 0.1) is 0 Å².